The number of anilines is 1. The summed E-state index contributed by atoms with van der Waals surface area (Å²) in [4.78, 5) is 25.6. The van der Waals surface area contributed by atoms with E-state index in [1.807, 2.05) is 6.92 Å². The van der Waals surface area contributed by atoms with Crippen LogP contribution < -0.4 is 15.2 Å². The van der Waals surface area contributed by atoms with Gasteiger partial charge in [0.15, 0.2) is 0 Å². The van der Waals surface area contributed by atoms with Crippen molar-refractivity contribution in [3.8, 4) is 35.2 Å². The van der Waals surface area contributed by atoms with Crippen molar-refractivity contribution < 1.29 is 23.0 Å². The van der Waals surface area contributed by atoms with E-state index in [-0.39, 0.29) is 56.8 Å². The van der Waals surface area contributed by atoms with Crippen molar-refractivity contribution in [1.29, 1.82) is 10.5 Å². The number of carbonyl (C=O) groups excluding carboxylic acids is 1. The number of fused-ring (bicyclic) bond motifs is 3. The van der Waals surface area contributed by atoms with E-state index in [2.05, 4.69) is 28.6 Å². The number of rotatable bonds is 7. The number of alkyl halides is 1. The number of halogens is 2. The fourth-order valence-electron chi connectivity index (χ4n) is 7.45. The lowest BCUT2D eigenvalue weighted by Crippen LogP contribution is -2.43. The lowest BCUT2D eigenvalue weighted by atomic mass is 9.94. The molecule has 0 bridgehead atoms. The molecule has 4 aromatic rings. The zero-order valence-electron chi connectivity index (χ0n) is 25.6. The Labute approximate surface area is 273 Å². The molecule has 13 heteroatoms. The largest absolute Gasteiger partial charge is 0.471 e. The third-order valence-corrected chi connectivity index (χ3v) is 10.8. The molecule has 0 spiro atoms. The smallest absolute Gasteiger partial charge is 0.320 e. The van der Waals surface area contributed by atoms with Crippen LogP contribution >= 0.6 is 11.3 Å². The SMILES string of the molecule is C=CC(=O)N1CCC(Oc2nc(OCC34CCCN3CC(F)C4)nc3c(C#N)c(-c4ccc(F)c5sc(N)c(C#N)c45)ccc23)C1C. The van der Waals surface area contributed by atoms with Crippen LogP contribution in [-0.4, -0.2) is 75.8 Å². The van der Waals surface area contributed by atoms with Gasteiger partial charge in [0.25, 0.3) is 0 Å². The van der Waals surface area contributed by atoms with E-state index < -0.39 is 23.6 Å². The molecule has 10 nitrogen and oxygen atoms in total. The van der Waals surface area contributed by atoms with Crippen molar-refractivity contribution in [2.24, 2.45) is 0 Å². The van der Waals surface area contributed by atoms with Crippen molar-refractivity contribution >= 4 is 43.2 Å². The molecule has 0 saturated carbocycles. The van der Waals surface area contributed by atoms with E-state index in [0.717, 1.165) is 30.7 Å². The Morgan fingerprint density at radius 1 is 1.21 bits per heavy atom. The highest BCUT2D eigenvalue weighted by Crippen LogP contribution is 2.44. The highest BCUT2D eigenvalue weighted by molar-refractivity contribution is 7.23. The van der Waals surface area contributed by atoms with E-state index in [0.29, 0.717) is 47.8 Å². The van der Waals surface area contributed by atoms with E-state index in [1.54, 1.807) is 17.0 Å². The number of nitrogens with two attached hydrogens (primary N) is 1. The second-order valence-corrected chi connectivity index (χ2v) is 13.4. The number of likely N-dealkylation sites (tertiary alicyclic amines) is 1. The number of amides is 1. The monoisotopic (exact) mass is 655 g/mol. The van der Waals surface area contributed by atoms with E-state index >= 15 is 0 Å². The average Bonchev–Trinajstić information content (AvgIpc) is 3.80. The van der Waals surface area contributed by atoms with Gasteiger partial charge in [-0.3, -0.25) is 9.69 Å². The minimum atomic E-state index is -0.940. The molecule has 0 aliphatic carbocycles. The first-order valence-electron chi connectivity index (χ1n) is 15.5. The summed E-state index contributed by atoms with van der Waals surface area (Å²) < 4.78 is 42.3. The van der Waals surface area contributed by atoms with Gasteiger partial charge in [-0.2, -0.15) is 20.5 Å². The first kappa shape index (κ1) is 30.8. The van der Waals surface area contributed by atoms with Gasteiger partial charge < -0.3 is 20.1 Å². The van der Waals surface area contributed by atoms with E-state index in [4.69, 9.17) is 20.2 Å². The first-order valence-corrected chi connectivity index (χ1v) is 16.3. The van der Waals surface area contributed by atoms with Crippen molar-refractivity contribution in [2.75, 3.05) is 32.0 Å². The molecule has 4 atom stereocenters. The molecule has 240 valence electrons. The minimum absolute atomic E-state index is 0.0314. The number of aromatic nitrogens is 2. The predicted molar refractivity (Wildman–Crippen MR) is 173 cm³/mol. The number of nitriles is 2. The third-order valence-electron chi connectivity index (χ3n) is 9.78. The lowest BCUT2D eigenvalue weighted by Gasteiger charge is -2.31. The Kier molecular flexibility index (Phi) is 7.69. The van der Waals surface area contributed by atoms with Gasteiger partial charge >= 0.3 is 6.01 Å². The molecule has 3 fully saturated rings. The zero-order valence-corrected chi connectivity index (χ0v) is 26.4. The Bertz CT molecular complexity index is 2040. The number of hydrogen-bond donors (Lipinski definition) is 1. The van der Waals surface area contributed by atoms with Crippen molar-refractivity contribution in [3.05, 3.63) is 53.9 Å². The number of carbonyl (C=O) groups is 1. The summed E-state index contributed by atoms with van der Waals surface area (Å²) in [6.07, 6.45) is 2.55. The summed E-state index contributed by atoms with van der Waals surface area (Å²) >= 11 is 0.975. The predicted octanol–water partition coefficient (Wildman–Crippen LogP) is 5.49. The summed E-state index contributed by atoms with van der Waals surface area (Å²) in [5.74, 6) is -0.543. The number of nitrogens with zero attached hydrogens (tertiary/aromatic N) is 6. The average molecular weight is 656 g/mol. The fraction of sp³-hybridized carbons (Fsp3) is 0.382. The van der Waals surface area contributed by atoms with Gasteiger partial charge in [0.1, 0.15) is 41.8 Å². The molecule has 3 aliphatic heterocycles. The molecule has 2 aromatic carbocycles. The highest BCUT2D eigenvalue weighted by atomic mass is 32.1. The highest BCUT2D eigenvalue weighted by Gasteiger charge is 2.49. The second-order valence-electron chi connectivity index (χ2n) is 12.3. The molecular formula is C34H31F2N7O3S. The maximum absolute atomic E-state index is 14.9. The zero-order chi connectivity index (χ0) is 33.0. The lowest BCUT2D eigenvalue weighted by molar-refractivity contribution is -0.127. The van der Waals surface area contributed by atoms with Crippen LogP contribution in [0.4, 0.5) is 13.8 Å². The van der Waals surface area contributed by atoms with Crippen molar-refractivity contribution in [2.45, 2.75) is 56.5 Å². The van der Waals surface area contributed by atoms with Crippen molar-refractivity contribution in [1.82, 2.24) is 19.8 Å². The van der Waals surface area contributed by atoms with E-state index in [1.165, 1.54) is 18.2 Å². The summed E-state index contributed by atoms with van der Waals surface area (Å²) in [7, 11) is 0. The van der Waals surface area contributed by atoms with Gasteiger partial charge in [-0.25, -0.2) is 8.78 Å². The minimum Gasteiger partial charge on any atom is -0.471 e. The number of thiophene rings is 1. The molecule has 1 amide bonds. The summed E-state index contributed by atoms with van der Waals surface area (Å²) in [5.41, 5.74) is 7.03. The molecule has 3 aliphatic rings. The quantitative estimate of drug-likeness (QED) is 0.256. The topological polar surface area (TPSA) is 141 Å². The van der Waals surface area contributed by atoms with Crippen LogP contribution in [0.15, 0.2) is 36.9 Å². The van der Waals surface area contributed by atoms with Gasteiger partial charge in [0, 0.05) is 36.9 Å². The van der Waals surface area contributed by atoms with Crippen LogP contribution in [0.1, 0.15) is 43.7 Å². The molecule has 7 rings (SSSR count). The molecule has 47 heavy (non-hydrogen) atoms. The normalized spacial score (nSPS) is 23.9. The van der Waals surface area contributed by atoms with Crippen LogP contribution in [0.2, 0.25) is 0 Å². The Hall–Kier alpha value is -4.85. The molecule has 3 saturated heterocycles. The molecular weight excluding hydrogens is 624 g/mol. The third kappa shape index (κ3) is 5.01. The Balaban J connectivity index is 1.36. The summed E-state index contributed by atoms with van der Waals surface area (Å²) in [6, 6.07) is 10.2. The van der Waals surface area contributed by atoms with Gasteiger partial charge in [0.2, 0.25) is 11.8 Å². The number of ether oxygens (including phenoxy) is 2. The van der Waals surface area contributed by atoms with Gasteiger partial charge in [-0.1, -0.05) is 18.7 Å². The Morgan fingerprint density at radius 2 is 2.00 bits per heavy atom. The molecule has 0 radical (unpaired) electrons. The van der Waals surface area contributed by atoms with Gasteiger partial charge in [0.05, 0.1) is 38.3 Å². The summed E-state index contributed by atoms with van der Waals surface area (Å²) in [6.45, 7) is 7.29. The Morgan fingerprint density at radius 3 is 2.77 bits per heavy atom. The van der Waals surface area contributed by atoms with Crippen LogP contribution in [0, 0.1) is 28.5 Å². The van der Waals surface area contributed by atoms with E-state index in [9.17, 15) is 24.1 Å². The summed E-state index contributed by atoms with van der Waals surface area (Å²) in [5, 5.41) is 21.4. The maximum atomic E-state index is 14.9. The van der Waals surface area contributed by atoms with Crippen LogP contribution in [0.25, 0.3) is 32.1 Å². The van der Waals surface area contributed by atoms with Gasteiger partial charge in [-0.05, 0) is 50.1 Å². The maximum Gasteiger partial charge on any atom is 0.320 e. The second kappa shape index (κ2) is 11.7. The molecule has 5 heterocycles. The van der Waals surface area contributed by atoms with Crippen LogP contribution in [0.3, 0.4) is 0 Å². The fourth-order valence-corrected chi connectivity index (χ4v) is 8.40. The molecule has 2 N–H and O–H groups in total. The number of nitrogen functional groups attached to an aromatic ring is 1. The molecule has 4 unspecified atom stereocenters. The molecule has 2 aromatic heterocycles. The van der Waals surface area contributed by atoms with Crippen LogP contribution in [-0.2, 0) is 4.79 Å². The van der Waals surface area contributed by atoms with Crippen molar-refractivity contribution in [3.63, 3.8) is 0 Å². The van der Waals surface area contributed by atoms with Gasteiger partial charge in [-0.15, -0.1) is 11.3 Å². The van der Waals surface area contributed by atoms with Crippen LogP contribution in [0.5, 0.6) is 11.9 Å². The number of benzene rings is 2. The first-order chi connectivity index (χ1) is 22.7. The number of hydrogen-bond acceptors (Lipinski definition) is 10. The standard InChI is InChI=1S/C34H31F2N7O3S/c1-3-27(44)43-12-9-26(18(43)2)46-32-22-6-5-20(21-7-8-25(36)30-28(21)24(15-38)31(39)47-30)23(14-37)29(22)40-33(41-32)45-17-34-10-4-11-42(34)16-19(35)13-34/h3,5-8,18-19,26H,1,4,9-13,16-17,39H2,2H3.